The van der Waals surface area contributed by atoms with E-state index in [1.165, 1.54) is 5.56 Å². The van der Waals surface area contributed by atoms with Crippen LogP contribution in [0.25, 0.3) is 0 Å². The lowest BCUT2D eigenvalue weighted by Gasteiger charge is -2.41. The number of hydrogen-bond acceptors (Lipinski definition) is 5. The lowest BCUT2D eigenvalue weighted by Crippen LogP contribution is -2.51. The van der Waals surface area contributed by atoms with Gasteiger partial charge in [0.1, 0.15) is 6.61 Å². The number of thiophene rings is 1. The molecule has 0 N–H and O–H groups in total. The molecule has 0 spiro atoms. The van der Waals surface area contributed by atoms with Gasteiger partial charge in [0, 0.05) is 52.2 Å². The molecule has 2 aliphatic heterocycles. The molecule has 0 radical (unpaired) electrons. The van der Waals surface area contributed by atoms with Gasteiger partial charge < -0.3 is 14.5 Å². The van der Waals surface area contributed by atoms with Crippen LogP contribution in [0.4, 0.5) is 0 Å². The maximum Gasteiger partial charge on any atom is 0.248 e. The van der Waals surface area contributed by atoms with Crippen LogP contribution in [0.15, 0.2) is 16.8 Å². The first kappa shape index (κ1) is 17.9. The van der Waals surface area contributed by atoms with Crippen molar-refractivity contribution in [2.24, 2.45) is 5.92 Å². The van der Waals surface area contributed by atoms with Gasteiger partial charge in [0.25, 0.3) is 0 Å². The summed E-state index contributed by atoms with van der Waals surface area (Å²) in [6, 6.07) is 2.77. The van der Waals surface area contributed by atoms with Gasteiger partial charge in [0.15, 0.2) is 0 Å². The molecule has 2 fully saturated rings. The summed E-state index contributed by atoms with van der Waals surface area (Å²) in [5.41, 5.74) is 1.41. The van der Waals surface area contributed by atoms with E-state index in [-0.39, 0.29) is 18.6 Å². The van der Waals surface area contributed by atoms with Crippen molar-refractivity contribution in [1.82, 2.24) is 14.7 Å². The average Bonchev–Trinajstić information content (AvgIpc) is 3.22. The van der Waals surface area contributed by atoms with Gasteiger partial charge in [-0.05, 0) is 35.4 Å². The largest absolute Gasteiger partial charge is 0.368 e. The molecule has 3 atom stereocenters. The number of amides is 1. The predicted octanol–water partition coefficient (Wildman–Crippen LogP) is 1.75. The van der Waals surface area contributed by atoms with Crippen LogP contribution >= 0.6 is 11.3 Å². The number of likely N-dealkylation sites (tertiary alicyclic amines) is 2. The number of ether oxygens (including phenoxy) is 1. The minimum atomic E-state index is 0.0533. The molecule has 5 nitrogen and oxygen atoms in total. The summed E-state index contributed by atoms with van der Waals surface area (Å²) in [5, 5.41) is 4.41. The Bertz CT molecular complexity index is 534. The molecule has 134 valence electrons. The van der Waals surface area contributed by atoms with Crippen LogP contribution in [-0.4, -0.2) is 79.6 Å². The summed E-state index contributed by atoms with van der Waals surface area (Å²) in [6.45, 7) is 7.81. The molecule has 6 heteroatoms. The van der Waals surface area contributed by atoms with Crippen molar-refractivity contribution < 1.29 is 9.53 Å². The van der Waals surface area contributed by atoms with E-state index in [0.29, 0.717) is 12.0 Å². The number of hydrogen-bond donors (Lipinski definition) is 0. The van der Waals surface area contributed by atoms with E-state index in [2.05, 4.69) is 33.6 Å². The van der Waals surface area contributed by atoms with Gasteiger partial charge >= 0.3 is 0 Å². The van der Waals surface area contributed by atoms with E-state index in [1.807, 2.05) is 0 Å². The number of rotatable bonds is 6. The molecular weight excluding hydrogens is 322 g/mol. The van der Waals surface area contributed by atoms with Crippen LogP contribution in [0.5, 0.6) is 0 Å². The van der Waals surface area contributed by atoms with Crippen LogP contribution < -0.4 is 0 Å². The second kappa shape index (κ2) is 7.95. The highest BCUT2D eigenvalue weighted by molar-refractivity contribution is 7.07. The lowest BCUT2D eigenvalue weighted by molar-refractivity contribution is -0.139. The SMILES string of the molecule is CCN1C[C@H]2[C@H](OCC(=O)N(C)C)CCN(Cc3ccsc3)[C@H]2C1. The minimum absolute atomic E-state index is 0.0533. The van der Waals surface area contributed by atoms with Crippen molar-refractivity contribution in [3.8, 4) is 0 Å². The second-order valence-corrected chi connectivity index (χ2v) is 7.89. The molecule has 2 aliphatic rings. The van der Waals surface area contributed by atoms with Gasteiger partial charge in [-0.25, -0.2) is 0 Å². The van der Waals surface area contributed by atoms with Gasteiger partial charge in [0.2, 0.25) is 5.91 Å². The average molecular weight is 352 g/mol. The zero-order valence-electron chi connectivity index (χ0n) is 15.0. The molecule has 3 rings (SSSR count). The predicted molar refractivity (Wildman–Crippen MR) is 97.2 cm³/mol. The molecule has 0 unspecified atom stereocenters. The number of likely N-dealkylation sites (N-methyl/N-ethyl adjacent to an activating group) is 2. The highest BCUT2D eigenvalue weighted by Crippen LogP contribution is 2.33. The van der Waals surface area contributed by atoms with Gasteiger partial charge in [-0.1, -0.05) is 6.92 Å². The zero-order valence-corrected chi connectivity index (χ0v) is 15.8. The third-order valence-corrected chi connectivity index (χ3v) is 6.12. The van der Waals surface area contributed by atoms with E-state index in [0.717, 1.165) is 39.1 Å². The quantitative estimate of drug-likeness (QED) is 0.782. The van der Waals surface area contributed by atoms with E-state index >= 15 is 0 Å². The van der Waals surface area contributed by atoms with Crippen molar-refractivity contribution in [2.75, 3.05) is 46.9 Å². The van der Waals surface area contributed by atoms with Crippen molar-refractivity contribution in [3.63, 3.8) is 0 Å². The maximum atomic E-state index is 11.9. The fourth-order valence-electron chi connectivity index (χ4n) is 3.90. The third kappa shape index (κ3) is 3.99. The third-order valence-electron chi connectivity index (χ3n) is 5.39. The summed E-state index contributed by atoms with van der Waals surface area (Å²) in [5.74, 6) is 0.560. The molecule has 0 bridgehead atoms. The Morgan fingerprint density at radius 3 is 2.92 bits per heavy atom. The van der Waals surface area contributed by atoms with Crippen LogP contribution in [0.3, 0.4) is 0 Å². The molecule has 3 heterocycles. The van der Waals surface area contributed by atoms with E-state index in [1.54, 1.807) is 30.3 Å². The maximum absolute atomic E-state index is 11.9. The van der Waals surface area contributed by atoms with Gasteiger partial charge in [-0.3, -0.25) is 9.69 Å². The molecule has 1 amide bonds. The molecule has 0 aliphatic carbocycles. The molecule has 2 saturated heterocycles. The molecular formula is C18H29N3O2S. The molecule has 0 aromatic carbocycles. The Labute approximate surface area is 149 Å². The van der Waals surface area contributed by atoms with Crippen molar-refractivity contribution >= 4 is 17.2 Å². The first-order chi connectivity index (χ1) is 11.6. The molecule has 1 aromatic rings. The first-order valence-corrected chi connectivity index (χ1v) is 9.82. The van der Waals surface area contributed by atoms with Crippen LogP contribution in [0.2, 0.25) is 0 Å². The summed E-state index contributed by atoms with van der Waals surface area (Å²) in [7, 11) is 3.57. The Balaban J connectivity index is 1.64. The zero-order chi connectivity index (χ0) is 17.1. The Morgan fingerprint density at radius 1 is 1.42 bits per heavy atom. The highest BCUT2D eigenvalue weighted by Gasteiger charge is 2.44. The van der Waals surface area contributed by atoms with Gasteiger partial charge in [-0.15, -0.1) is 0 Å². The van der Waals surface area contributed by atoms with Crippen molar-refractivity contribution in [1.29, 1.82) is 0 Å². The Morgan fingerprint density at radius 2 is 2.25 bits per heavy atom. The molecule has 0 saturated carbocycles. The highest BCUT2D eigenvalue weighted by atomic mass is 32.1. The van der Waals surface area contributed by atoms with Gasteiger partial charge in [-0.2, -0.15) is 11.3 Å². The number of carbonyl (C=O) groups excluding carboxylic acids is 1. The summed E-state index contributed by atoms with van der Waals surface area (Å²) in [4.78, 5) is 18.6. The topological polar surface area (TPSA) is 36.0 Å². The Hall–Kier alpha value is -0.950. The van der Waals surface area contributed by atoms with E-state index in [9.17, 15) is 4.79 Å². The molecule has 24 heavy (non-hydrogen) atoms. The second-order valence-electron chi connectivity index (χ2n) is 7.11. The summed E-state index contributed by atoms with van der Waals surface area (Å²) < 4.78 is 6.05. The Kier molecular flexibility index (Phi) is 5.92. The van der Waals surface area contributed by atoms with E-state index < -0.39 is 0 Å². The summed E-state index contributed by atoms with van der Waals surface area (Å²) in [6.07, 6.45) is 1.22. The lowest BCUT2D eigenvalue weighted by atomic mass is 9.88. The number of fused-ring (bicyclic) bond motifs is 1. The first-order valence-electron chi connectivity index (χ1n) is 8.87. The van der Waals surface area contributed by atoms with Crippen LogP contribution in [0.1, 0.15) is 18.9 Å². The smallest absolute Gasteiger partial charge is 0.248 e. The van der Waals surface area contributed by atoms with Crippen LogP contribution in [-0.2, 0) is 16.1 Å². The monoisotopic (exact) mass is 351 g/mol. The van der Waals surface area contributed by atoms with Crippen molar-refractivity contribution in [2.45, 2.75) is 32.0 Å². The number of piperidine rings is 1. The van der Waals surface area contributed by atoms with Crippen molar-refractivity contribution in [3.05, 3.63) is 22.4 Å². The normalized spacial score (nSPS) is 28.0. The van der Waals surface area contributed by atoms with E-state index in [4.69, 9.17) is 4.74 Å². The van der Waals surface area contributed by atoms with Gasteiger partial charge in [0.05, 0.1) is 6.10 Å². The number of nitrogens with zero attached hydrogens (tertiary/aromatic N) is 3. The standard InChI is InChI=1S/C18H29N3O2S/c1-4-20-10-15-16(11-20)21(9-14-6-8-24-13-14)7-5-17(15)23-12-18(22)19(2)3/h6,8,13,15-17H,4-5,7,9-12H2,1-3H3/t15-,16+,17-/m1/s1. The van der Waals surface area contributed by atoms with Crippen LogP contribution in [0, 0.1) is 5.92 Å². The fraction of sp³-hybridized carbons (Fsp3) is 0.722. The fourth-order valence-corrected chi connectivity index (χ4v) is 4.56. The number of carbonyl (C=O) groups is 1. The summed E-state index contributed by atoms with van der Waals surface area (Å²) >= 11 is 1.77. The minimum Gasteiger partial charge on any atom is -0.368 e. The molecule has 1 aromatic heterocycles.